The van der Waals surface area contributed by atoms with Crippen molar-refractivity contribution in [3.8, 4) is 0 Å². The molecule has 3 heterocycles. The first-order chi connectivity index (χ1) is 10.1. The molecule has 21 heavy (non-hydrogen) atoms. The molecule has 2 atom stereocenters. The highest BCUT2D eigenvalue weighted by Crippen LogP contribution is 2.27. The van der Waals surface area contributed by atoms with Gasteiger partial charge in [-0.1, -0.05) is 6.92 Å². The van der Waals surface area contributed by atoms with Gasteiger partial charge in [0, 0.05) is 42.8 Å². The summed E-state index contributed by atoms with van der Waals surface area (Å²) >= 11 is 1.62. The van der Waals surface area contributed by atoms with Crippen molar-refractivity contribution >= 4 is 16.3 Å². The lowest BCUT2D eigenvalue weighted by Gasteiger charge is -2.45. The van der Waals surface area contributed by atoms with Gasteiger partial charge in [0.15, 0.2) is 4.96 Å². The van der Waals surface area contributed by atoms with E-state index < -0.39 is 6.10 Å². The van der Waals surface area contributed by atoms with Crippen LogP contribution >= 0.6 is 11.3 Å². The van der Waals surface area contributed by atoms with E-state index in [2.05, 4.69) is 23.7 Å². The molecule has 1 saturated heterocycles. The van der Waals surface area contributed by atoms with Gasteiger partial charge in [-0.2, -0.15) is 0 Å². The predicted octanol–water partition coefficient (Wildman–Crippen LogP) is 1.80. The maximum absolute atomic E-state index is 10.8. The third-order valence-electron chi connectivity index (χ3n) is 4.71. The van der Waals surface area contributed by atoms with Crippen molar-refractivity contribution in [3.05, 3.63) is 23.5 Å². The Bertz CT molecular complexity index is 562. The zero-order valence-corrected chi connectivity index (χ0v) is 13.5. The molecular formula is C15H23N3O2S. The van der Waals surface area contributed by atoms with Gasteiger partial charge in [0.2, 0.25) is 0 Å². The molecule has 0 amide bonds. The summed E-state index contributed by atoms with van der Waals surface area (Å²) in [5.41, 5.74) is 0.739. The van der Waals surface area contributed by atoms with E-state index in [1.807, 2.05) is 22.2 Å². The number of morpholine rings is 1. The van der Waals surface area contributed by atoms with Crippen LogP contribution in [0.3, 0.4) is 0 Å². The van der Waals surface area contributed by atoms with Crippen molar-refractivity contribution in [1.82, 2.24) is 14.3 Å². The first kappa shape index (κ1) is 15.0. The van der Waals surface area contributed by atoms with E-state index in [9.17, 15) is 5.11 Å². The minimum absolute atomic E-state index is 0.221. The molecule has 3 rings (SSSR count). The second kappa shape index (κ2) is 6.04. The van der Waals surface area contributed by atoms with Gasteiger partial charge in [-0.05, 0) is 13.3 Å². The lowest BCUT2D eigenvalue weighted by atomic mass is 9.86. The number of fused-ring (bicyclic) bond motifs is 1. The Hall–Kier alpha value is -0.950. The van der Waals surface area contributed by atoms with Crippen molar-refractivity contribution in [2.24, 2.45) is 0 Å². The number of thiazole rings is 1. The van der Waals surface area contributed by atoms with Crippen LogP contribution in [0, 0.1) is 0 Å². The summed E-state index contributed by atoms with van der Waals surface area (Å²) in [5, 5.41) is 12.8. The topological polar surface area (TPSA) is 50.0 Å². The molecule has 2 aromatic rings. The fraction of sp³-hybridized carbons (Fsp3) is 0.667. The smallest absolute Gasteiger partial charge is 0.193 e. The first-order valence-electron chi connectivity index (χ1n) is 7.55. The van der Waals surface area contributed by atoms with Gasteiger partial charge in [0.05, 0.1) is 25.0 Å². The molecule has 0 radical (unpaired) electrons. The minimum Gasteiger partial charge on any atom is -0.391 e. The molecule has 1 fully saturated rings. The quantitative estimate of drug-likeness (QED) is 0.915. The van der Waals surface area contributed by atoms with Crippen LogP contribution < -0.4 is 0 Å². The normalized spacial score (nSPS) is 21.5. The lowest BCUT2D eigenvalue weighted by Crippen LogP contribution is -2.58. The van der Waals surface area contributed by atoms with E-state index in [4.69, 9.17) is 4.74 Å². The van der Waals surface area contributed by atoms with E-state index in [1.165, 1.54) is 0 Å². The Labute approximate surface area is 129 Å². The largest absolute Gasteiger partial charge is 0.391 e. The lowest BCUT2D eigenvalue weighted by molar-refractivity contribution is -0.0716. The SMILES string of the molecule is CCC(C)(C(O)Cc1cn2ccsc2n1)N1CCOCC1. The highest BCUT2D eigenvalue weighted by Gasteiger charge is 2.38. The van der Waals surface area contributed by atoms with Gasteiger partial charge in [-0.25, -0.2) is 4.98 Å². The minimum atomic E-state index is -0.426. The maximum atomic E-state index is 10.8. The number of hydrogen-bond acceptors (Lipinski definition) is 5. The Morgan fingerprint density at radius 2 is 2.24 bits per heavy atom. The van der Waals surface area contributed by atoms with Gasteiger partial charge >= 0.3 is 0 Å². The molecular weight excluding hydrogens is 286 g/mol. The van der Waals surface area contributed by atoms with Gasteiger partial charge in [-0.3, -0.25) is 9.30 Å². The van der Waals surface area contributed by atoms with E-state index in [0.29, 0.717) is 6.42 Å². The van der Waals surface area contributed by atoms with Crippen LogP contribution in [0.4, 0.5) is 0 Å². The summed E-state index contributed by atoms with van der Waals surface area (Å²) in [4.78, 5) is 7.93. The van der Waals surface area contributed by atoms with Gasteiger partial charge in [-0.15, -0.1) is 11.3 Å². The summed E-state index contributed by atoms with van der Waals surface area (Å²) in [7, 11) is 0. The Morgan fingerprint density at radius 3 is 2.90 bits per heavy atom. The van der Waals surface area contributed by atoms with Crippen LogP contribution in [0.25, 0.3) is 4.96 Å². The monoisotopic (exact) mass is 309 g/mol. The van der Waals surface area contributed by atoms with E-state index in [1.54, 1.807) is 11.3 Å². The molecule has 0 aliphatic carbocycles. The second-order valence-corrected chi connectivity index (χ2v) is 6.73. The molecule has 116 valence electrons. The molecule has 0 bridgehead atoms. The number of nitrogens with zero attached hydrogens (tertiary/aromatic N) is 3. The highest BCUT2D eigenvalue weighted by molar-refractivity contribution is 7.15. The average molecular weight is 309 g/mol. The van der Waals surface area contributed by atoms with E-state index in [0.717, 1.165) is 43.4 Å². The van der Waals surface area contributed by atoms with Crippen LogP contribution in [0.2, 0.25) is 0 Å². The van der Waals surface area contributed by atoms with Crippen molar-refractivity contribution < 1.29 is 9.84 Å². The fourth-order valence-corrected chi connectivity index (χ4v) is 3.76. The Balaban J connectivity index is 1.74. The summed E-state index contributed by atoms with van der Waals surface area (Å²) in [6, 6.07) is 0. The van der Waals surface area contributed by atoms with Gasteiger partial charge in [0.25, 0.3) is 0 Å². The molecule has 0 aromatic carbocycles. The molecule has 1 N–H and O–H groups in total. The van der Waals surface area contributed by atoms with Crippen molar-refractivity contribution in [3.63, 3.8) is 0 Å². The Morgan fingerprint density at radius 1 is 1.48 bits per heavy atom. The molecule has 2 aromatic heterocycles. The standard InChI is InChI=1S/C15H23N3O2S/c1-3-15(2,18-4-7-20-8-5-18)13(19)10-12-11-17-6-9-21-14(17)16-12/h6,9,11,13,19H,3-5,7-8,10H2,1-2H3. The number of aromatic nitrogens is 2. The number of imidazole rings is 1. The van der Waals surface area contributed by atoms with E-state index >= 15 is 0 Å². The summed E-state index contributed by atoms with van der Waals surface area (Å²) in [5.74, 6) is 0. The fourth-order valence-electron chi connectivity index (χ4n) is 3.04. The average Bonchev–Trinajstić information content (AvgIpc) is 3.08. The molecule has 1 aliphatic rings. The van der Waals surface area contributed by atoms with Crippen LogP contribution in [-0.4, -0.2) is 57.3 Å². The zero-order chi connectivity index (χ0) is 14.9. The molecule has 0 spiro atoms. The van der Waals surface area contributed by atoms with Crippen molar-refractivity contribution in [2.45, 2.75) is 38.3 Å². The van der Waals surface area contributed by atoms with Crippen LogP contribution in [0.1, 0.15) is 26.0 Å². The third kappa shape index (κ3) is 2.85. The molecule has 2 unspecified atom stereocenters. The van der Waals surface area contributed by atoms with Gasteiger partial charge in [0.1, 0.15) is 0 Å². The van der Waals surface area contributed by atoms with E-state index in [-0.39, 0.29) is 5.54 Å². The Kier molecular flexibility index (Phi) is 4.31. The number of aliphatic hydroxyl groups is 1. The predicted molar refractivity (Wildman–Crippen MR) is 83.9 cm³/mol. The number of ether oxygens (including phenoxy) is 1. The summed E-state index contributed by atoms with van der Waals surface area (Å²) < 4.78 is 7.45. The van der Waals surface area contributed by atoms with Crippen LogP contribution in [-0.2, 0) is 11.2 Å². The van der Waals surface area contributed by atoms with Crippen LogP contribution in [0.15, 0.2) is 17.8 Å². The number of aliphatic hydroxyl groups excluding tert-OH is 1. The molecule has 0 saturated carbocycles. The molecule has 1 aliphatic heterocycles. The summed E-state index contributed by atoms with van der Waals surface area (Å²) in [6.07, 6.45) is 5.10. The third-order valence-corrected chi connectivity index (χ3v) is 5.48. The first-order valence-corrected chi connectivity index (χ1v) is 8.43. The van der Waals surface area contributed by atoms with Crippen molar-refractivity contribution in [2.75, 3.05) is 26.3 Å². The summed E-state index contributed by atoms with van der Waals surface area (Å²) in [6.45, 7) is 7.58. The second-order valence-electron chi connectivity index (χ2n) is 5.86. The van der Waals surface area contributed by atoms with Gasteiger partial charge < -0.3 is 9.84 Å². The highest BCUT2D eigenvalue weighted by atomic mass is 32.1. The number of rotatable bonds is 5. The van der Waals surface area contributed by atoms with Crippen molar-refractivity contribution in [1.29, 1.82) is 0 Å². The molecule has 5 nitrogen and oxygen atoms in total. The maximum Gasteiger partial charge on any atom is 0.193 e. The van der Waals surface area contributed by atoms with Crippen LogP contribution in [0.5, 0.6) is 0 Å². The molecule has 6 heteroatoms. The zero-order valence-electron chi connectivity index (χ0n) is 12.7. The number of hydrogen-bond donors (Lipinski definition) is 1.